The maximum absolute atomic E-state index is 13.5. The summed E-state index contributed by atoms with van der Waals surface area (Å²) in [4.78, 5) is 23.7. The van der Waals surface area contributed by atoms with Crippen LogP contribution in [0.5, 0.6) is 5.75 Å². The molecular weight excluding hydrogens is 299 g/mol. The Labute approximate surface area is 134 Å². The molecule has 1 aliphatic heterocycles. The van der Waals surface area contributed by atoms with Gasteiger partial charge in [0.15, 0.2) is 0 Å². The molecule has 1 saturated heterocycles. The van der Waals surface area contributed by atoms with Gasteiger partial charge >= 0.3 is 0 Å². The zero-order valence-corrected chi connectivity index (χ0v) is 12.9. The largest absolute Gasteiger partial charge is 0.488 e. The van der Waals surface area contributed by atoms with E-state index in [9.17, 15) is 14.0 Å². The Hall–Kier alpha value is -2.11. The highest BCUT2D eigenvalue weighted by Gasteiger charge is 2.26. The fourth-order valence-electron chi connectivity index (χ4n) is 3.10. The van der Waals surface area contributed by atoms with E-state index in [0.29, 0.717) is 30.7 Å². The molecule has 1 saturated carbocycles. The number of hydrogen-bond acceptors (Lipinski definition) is 3. The number of carbonyl (C=O) groups is 2. The van der Waals surface area contributed by atoms with Gasteiger partial charge in [0.25, 0.3) is 0 Å². The van der Waals surface area contributed by atoms with E-state index in [1.165, 1.54) is 18.2 Å². The lowest BCUT2D eigenvalue weighted by molar-refractivity contribution is -0.128. The molecule has 1 aliphatic carbocycles. The monoisotopic (exact) mass is 320 g/mol. The van der Waals surface area contributed by atoms with Gasteiger partial charge in [0.1, 0.15) is 17.6 Å². The van der Waals surface area contributed by atoms with Crippen molar-refractivity contribution >= 4 is 17.5 Å². The second-order valence-electron chi connectivity index (χ2n) is 6.17. The molecule has 0 aromatic heterocycles. The van der Waals surface area contributed by atoms with Gasteiger partial charge in [0.05, 0.1) is 11.8 Å². The number of nitrogens with one attached hydrogen (secondary N) is 2. The number of amides is 2. The van der Waals surface area contributed by atoms with Crippen molar-refractivity contribution in [1.29, 1.82) is 0 Å². The van der Waals surface area contributed by atoms with Crippen molar-refractivity contribution in [2.45, 2.75) is 57.1 Å². The second kappa shape index (κ2) is 6.98. The zero-order valence-electron chi connectivity index (χ0n) is 12.9. The van der Waals surface area contributed by atoms with Gasteiger partial charge in [-0.3, -0.25) is 9.59 Å². The topological polar surface area (TPSA) is 67.4 Å². The standard InChI is InChI=1S/C17H21FN2O3/c18-11-8-9-13(15(10-11)23-12-4-1-2-5-12)20-17(22)14-6-3-7-16(21)19-14/h8-10,12,14H,1-7H2,(H,19,21)(H,20,22)/t14-/m1/s1. The van der Waals surface area contributed by atoms with Crippen LogP contribution < -0.4 is 15.4 Å². The van der Waals surface area contributed by atoms with Crippen LogP contribution in [0.25, 0.3) is 0 Å². The van der Waals surface area contributed by atoms with E-state index < -0.39 is 11.9 Å². The number of piperidine rings is 1. The van der Waals surface area contributed by atoms with Crippen molar-refractivity contribution in [1.82, 2.24) is 5.32 Å². The first kappa shape index (κ1) is 15.8. The van der Waals surface area contributed by atoms with Crippen molar-refractivity contribution in [3.05, 3.63) is 24.0 Å². The fourth-order valence-corrected chi connectivity index (χ4v) is 3.10. The summed E-state index contributed by atoms with van der Waals surface area (Å²) in [5, 5.41) is 5.43. The lowest BCUT2D eigenvalue weighted by Gasteiger charge is -2.23. The van der Waals surface area contributed by atoms with Gasteiger partial charge < -0.3 is 15.4 Å². The molecule has 6 heteroatoms. The first-order chi connectivity index (χ1) is 11.1. The molecule has 1 aromatic rings. The van der Waals surface area contributed by atoms with Gasteiger partial charge in [-0.05, 0) is 50.7 Å². The highest BCUT2D eigenvalue weighted by molar-refractivity contribution is 5.98. The van der Waals surface area contributed by atoms with Gasteiger partial charge in [0, 0.05) is 12.5 Å². The molecule has 2 amide bonds. The van der Waals surface area contributed by atoms with Crippen LogP contribution in [0.3, 0.4) is 0 Å². The van der Waals surface area contributed by atoms with Gasteiger partial charge in [-0.15, -0.1) is 0 Å². The molecule has 0 unspecified atom stereocenters. The summed E-state index contributed by atoms with van der Waals surface area (Å²) in [6.45, 7) is 0. The van der Waals surface area contributed by atoms with Crippen LogP contribution in [-0.2, 0) is 9.59 Å². The molecule has 0 bridgehead atoms. The van der Waals surface area contributed by atoms with Gasteiger partial charge in [-0.25, -0.2) is 4.39 Å². The summed E-state index contributed by atoms with van der Waals surface area (Å²) in [5.41, 5.74) is 0.447. The summed E-state index contributed by atoms with van der Waals surface area (Å²) < 4.78 is 19.4. The predicted octanol–water partition coefficient (Wildman–Crippen LogP) is 2.75. The molecule has 2 N–H and O–H groups in total. The minimum atomic E-state index is -0.541. The van der Waals surface area contributed by atoms with Crippen LogP contribution >= 0.6 is 0 Å². The van der Waals surface area contributed by atoms with E-state index in [1.54, 1.807) is 0 Å². The molecule has 5 nitrogen and oxygen atoms in total. The van der Waals surface area contributed by atoms with E-state index in [2.05, 4.69) is 10.6 Å². The maximum atomic E-state index is 13.5. The Morgan fingerprint density at radius 3 is 2.74 bits per heavy atom. The molecule has 23 heavy (non-hydrogen) atoms. The number of ether oxygens (including phenoxy) is 1. The van der Waals surface area contributed by atoms with Crippen LogP contribution in [0, 0.1) is 5.82 Å². The minimum absolute atomic E-state index is 0.0711. The first-order valence-corrected chi connectivity index (χ1v) is 8.18. The third-order valence-corrected chi connectivity index (χ3v) is 4.35. The molecule has 1 aromatic carbocycles. The molecule has 1 atom stereocenters. The third-order valence-electron chi connectivity index (χ3n) is 4.35. The van der Waals surface area contributed by atoms with Crippen LogP contribution in [0.2, 0.25) is 0 Å². The molecule has 2 aliphatic rings. The van der Waals surface area contributed by atoms with Crippen molar-refractivity contribution in [2.24, 2.45) is 0 Å². The highest BCUT2D eigenvalue weighted by Crippen LogP contribution is 2.31. The van der Waals surface area contributed by atoms with E-state index in [1.807, 2.05) is 0 Å². The Balaban J connectivity index is 1.70. The average Bonchev–Trinajstić information content (AvgIpc) is 3.03. The number of carbonyl (C=O) groups excluding carboxylic acids is 2. The highest BCUT2D eigenvalue weighted by atomic mass is 19.1. The number of rotatable bonds is 4. The van der Waals surface area contributed by atoms with Crippen LogP contribution in [0.4, 0.5) is 10.1 Å². The van der Waals surface area contributed by atoms with Gasteiger partial charge in [-0.1, -0.05) is 0 Å². The summed E-state index contributed by atoms with van der Waals surface area (Å²) >= 11 is 0. The maximum Gasteiger partial charge on any atom is 0.247 e. The number of benzene rings is 1. The third kappa shape index (κ3) is 4.00. The predicted molar refractivity (Wildman–Crippen MR) is 83.7 cm³/mol. The molecule has 2 fully saturated rings. The number of hydrogen-bond donors (Lipinski definition) is 2. The summed E-state index contributed by atoms with van der Waals surface area (Å²) in [6.07, 6.45) is 5.94. The molecule has 0 radical (unpaired) electrons. The van der Waals surface area contributed by atoms with Crippen LogP contribution in [-0.4, -0.2) is 24.0 Å². The van der Waals surface area contributed by atoms with E-state index in [-0.39, 0.29) is 17.9 Å². The fraction of sp³-hybridized carbons (Fsp3) is 0.529. The zero-order chi connectivity index (χ0) is 16.2. The van der Waals surface area contributed by atoms with E-state index >= 15 is 0 Å². The van der Waals surface area contributed by atoms with E-state index in [0.717, 1.165) is 25.7 Å². The first-order valence-electron chi connectivity index (χ1n) is 8.18. The summed E-state index contributed by atoms with van der Waals surface area (Å²) in [5.74, 6) is -0.451. The van der Waals surface area contributed by atoms with Crippen molar-refractivity contribution in [2.75, 3.05) is 5.32 Å². The Morgan fingerprint density at radius 1 is 1.22 bits per heavy atom. The molecular formula is C17H21FN2O3. The average molecular weight is 320 g/mol. The van der Waals surface area contributed by atoms with Crippen molar-refractivity contribution < 1.29 is 18.7 Å². The van der Waals surface area contributed by atoms with E-state index in [4.69, 9.17) is 4.74 Å². The molecule has 124 valence electrons. The Bertz CT molecular complexity index is 600. The number of halogens is 1. The minimum Gasteiger partial charge on any atom is -0.488 e. The van der Waals surface area contributed by atoms with Crippen molar-refractivity contribution in [3.63, 3.8) is 0 Å². The van der Waals surface area contributed by atoms with Gasteiger partial charge in [0.2, 0.25) is 11.8 Å². The second-order valence-corrected chi connectivity index (χ2v) is 6.17. The lowest BCUT2D eigenvalue weighted by Crippen LogP contribution is -2.46. The van der Waals surface area contributed by atoms with Crippen LogP contribution in [0.15, 0.2) is 18.2 Å². The normalized spacial score (nSPS) is 21.8. The molecule has 3 rings (SSSR count). The van der Waals surface area contributed by atoms with Crippen molar-refractivity contribution in [3.8, 4) is 5.75 Å². The quantitative estimate of drug-likeness (QED) is 0.896. The lowest BCUT2D eigenvalue weighted by atomic mass is 10.0. The summed E-state index contributed by atoms with van der Waals surface area (Å²) in [6, 6.07) is 3.55. The molecule has 0 spiro atoms. The Morgan fingerprint density at radius 2 is 2.00 bits per heavy atom. The Kier molecular flexibility index (Phi) is 4.79. The molecule has 1 heterocycles. The smallest absolute Gasteiger partial charge is 0.247 e. The SMILES string of the molecule is O=C1CCC[C@H](C(=O)Nc2ccc(F)cc2OC2CCCC2)N1. The van der Waals surface area contributed by atoms with Crippen LogP contribution in [0.1, 0.15) is 44.9 Å². The number of anilines is 1. The van der Waals surface area contributed by atoms with Gasteiger partial charge in [-0.2, -0.15) is 0 Å². The summed E-state index contributed by atoms with van der Waals surface area (Å²) in [7, 11) is 0.